The Morgan fingerprint density at radius 1 is 1.29 bits per heavy atom. The smallest absolute Gasteiger partial charge is 0.239 e. The van der Waals surface area contributed by atoms with Gasteiger partial charge < -0.3 is 10.2 Å². The van der Waals surface area contributed by atoms with E-state index in [4.69, 9.17) is 0 Å². The minimum absolute atomic E-state index is 0.0804. The van der Waals surface area contributed by atoms with Crippen molar-refractivity contribution >= 4 is 27.7 Å². The maximum Gasteiger partial charge on any atom is 0.239 e. The first-order chi connectivity index (χ1) is 11.4. The van der Waals surface area contributed by atoms with Crippen LogP contribution >= 0.6 is 15.9 Å². The van der Waals surface area contributed by atoms with Crippen molar-refractivity contribution in [3.05, 3.63) is 34.3 Å². The van der Waals surface area contributed by atoms with Crippen LogP contribution in [0.1, 0.15) is 52.0 Å². The van der Waals surface area contributed by atoms with Gasteiger partial charge in [-0.05, 0) is 51.3 Å². The monoisotopic (exact) mass is 394 g/mol. The fraction of sp³-hybridized carbons (Fsp3) is 0.579. The van der Waals surface area contributed by atoms with E-state index in [0.29, 0.717) is 6.54 Å². The van der Waals surface area contributed by atoms with Gasteiger partial charge >= 0.3 is 0 Å². The molecule has 0 bridgehead atoms. The summed E-state index contributed by atoms with van der Waals surface area (Å²) < 4.78 is 0.986. The molecule has 2 amide bonds. The lowest BCUT2D eigenvalue weighted by atomic mass is 9.77. The van der Waals surface area contributed by atoms with Crippen molar-refractivity contribution in [1.29, 1.82) is 0 Å². The average molecular weight is 395 g/mol. The quantitative estimate of drug-likeness (QED) is 0.800. The predicted octanol–water partition coefficient (Wildman–Crippen LogP) is 3.63. The second-order valence-electron chi connectivity index (χ2n) is 6.84. The van der Waals surface area contributed by atoms with Gasteiger partial charge in [-0.3, -0.25) is 9.59 Å². The van der Waals surface area contributed by atoms with Crippen LogP contribution in [0.25, 0.3) is 0 Å². The van der Waals surface area contributed by atoms with E-state index in [1.54, 1.807) is 4.90 Å². The third-order valence-corrected chi connectivity index (χ3v) is 5.19. The third kappa shape index (κ3) is 4.18. The Kier molecular flexibility index (Phi) is 6.44. The van der Waals surface area contributed by atoms with E-state index in [2.05, 4.69) is 21.2 Å². The molecule has 0 radical (unpaired) electrons. The largest absolute Gasteiger partial charge is 0.352 e. The van der Waals surface area contributed by atoms with E-state index in [0.717, 1.165) is 35.7 Å². The van der Waals surface area contributed by atoms with Gasteiger partial charge in [0.1, 0.15) is 0 Å². The topological polar surface area (TPSA) is 49.4 Å². The van der Waals surface area contributed by atoms with Crippen molar-refractivity contribution in [2.75, 3.05) is 13.1 Å². The van der Waals surface area contributed by atoms with Gasteiger partial charge in [-0.25, -0.2) is 0 Å². The van der Waals surface area contributed by atoms with Crippen LogP contribution in [0.3, 0.4) is 0 Å². The molecular formula is C19H27BrN2O2. The zero-order valence-corrected chi connectivity index (χ0v) is 16.4. The van der Waals surface area contributed by atoms with Gasteiger partial charge in [-0.1, -0.05) is 40.9 Å². The van der Waals surface area contributed by atoms with Crippen LogP contribution in [0.15, 0.2) is 28.7 Å². The highest BCUT2D eigenvalue weighted by atomic mass is 79.9. The molecule has 1 aliphatic rings. The molecule has 1 aromatic rings. The minimum Gasteiger partial charge on any atom is -0.352 e. The molecule has 0 unspecified atom stereocenters. The molecule has 0 aliphatic heterocycles. The Morgan fingerprint density at radius 2 is 1.96 bits per heavy atom. The lowest BCUT2D eigenvalue weighted by molar-refractivity contribution is -0.140. The van der Waals surface area contributed by atoms with Gasteiger partial charge in [0.05, 0.1) is 12.0 Å². The Hall–Kier alpha value is -1.36. The number of hydrogen-bond donors (Lipinski definition) is 1. The lowest BCUT2D eigenvalue weighted by Gasteiger charge is -2.34. The number of halogens is 1. The molecule has 4 nitrogen and oxygen atoms in total. The van der Waals surface area contributed by atoms with Crippen LogP contribution in [0.2, 0.25) is 0 Å². The summed E-state index contributed by atoms with van der Waals surface area (Å²) in [6, 6.07) is 8.12. The summed E-state index contributed by atoms with van der Waals surface area (Å²) >= 11 is 3.52. The standard InChI is InChI=1S/C19H27BrN2O2/c1-4-22(13-17(23)21-14(2)3)18(24)19(10-5-6-11-19)15-8-7-9-16(20)12-15/h7-9,12,14H,4-6,10-11,13H2,1-3H3,(H,21,23). The van der Waals surface area contributed by atoms with Crippen molar-refractivity contribution in [2.45, 2.75) is 57.9 Å². The fourth-order valence-corrected chi connectivity index (χ4v) is 3.96. The highest BCUT2D eigenvalue weighted by molar-refractivity contribution is 9.10. The van der Waals surface area contributed by atoms with E-state index in [1.807, 2.05) is 45.0 Å². The first-order valence-corrected chi connectivity index (χ1v) is 9.53. The molecule has 0 spiro atoms. The number of rotatable bonds is 6. The van der Waals surface area contributed by atoms with Crippen LogP contribution < -0.4 is 5.32 Å². The van der Waals surface area contributed by atoms with Crippen LogP contribution in [0.4, 0.5) is 0 Å². The van der Waals surface area contributed by atoms with Crippen LogP contribution in [-0.4, -0.2) is 35.8 Å². The van der Waals surface area contributed by atoms with Crippen molar-refractivity contribution in [3.8, 4) is 0 Å². The molecule has 0 aromatic heterocycles. The number of nitrogens with zero attached hydrogens (tertiary/aromatic N) is 1. The summed E-state index contributed by atoms with van der Waals surface area (Å²) in [6.07, 6.45) is 3.80. The summed E-state index contributed by atoms with van der Waals surface area (Å²) in [5.74, 6) is -0.0119. The molecule has 1 aliphatic carbocycles. The molecule has 2 rings (SSSR count). The number of carbonyl (C=O) groups is 2. The minimum atomic E-state index is -0.488. The molecule has 1 fully saturated rings. The third-order valence-electron chi connectivity index (χ3n) is 4.70. The van der Waals surface area contributed by atoms with E-state index in [-0.39, 0.29) is 24.4 Å². The molecular weight excluding hydrogens is 368 g/mol. The predicted molar refractivity (Wildman–Crippen MR) is 99.8 cm³/mol. The highest BCUT2D eigenvalue weighted by Crippen LogP contribution is 2.43. The lowest BCUT2D eigenvalue weighted by Crippen LogP contribution is -2.49. The van der Waals surface area contributed by atoms with Gasteiger partial charge in [0.25, 0.3) is 0 Å². The summed E-state index contributed by atoms with van der Waals surface area (Å²) in [4.78, 5) is 27.2. The van der Waals surface area contributed by atoms with Gasteiger partial charge in [-0.2, -0.15) is 0 Å². The molecule has 5 heteroatoms. The van der Waals surface area contributed by atoms with Crippen molar-refractivity contribution in [3.63, 3.8) is 0 Å². The Bertz CT molecular complexity index is 595. The van der Waals surface area contributed by atoms with E-state index >= 15 is 0 Å². The molecule has 132 valence electrons. The van der Waals surface area contributed by atoms with Gasteiger partial charge in [0.15, 0.2) is 0 Å². The fourth-order valence-electron chi connectivity index (χ4n) is 3.56. The Morgan fingerprint density at radius 3 is 2.50 bits per heavy atom. The molecule has 1 N–H and O–H groups in total. The first kappa shape index (κ1) is 19.0. The number of likely N-dealkylation sites (N-methyl/N-ethyl adjacent to an activating group) is 1. The molecule has 0 atom stereocenters. The highest BCUT2D eigenvalue weighted by Gasteiger charge is 2.45. The first-order valence-electron chi connectivity index (χ1n) is 8.74. The molecule has 1 aromatic carbocycles. The zero-order chi connectivity index (χ0) is 17.7. The summed E-state index contributed by atoms with van der Waals surface area (Å²) in [7, 11) is 0. The maximum atomic E-state index is 13.4. The Balaban J connectivity index is 2.26. The molecule has 0 saturated heterocycles. The summed E-state index contributed by atoms with van der Waals surface area (Å²) in [6.45, 7) is 6.46. The van der Waals surface area contributed by atoms with Gasteiger partial charge in [0, 0.05) is 17.1 Å². The molecule has 24 heavy (non-hydrogen) atoms. The second-order valence-corrected chi connectivity index (χ2v) is 7.76. The summed E-state index contributed by atoms with van der Waals surface area (Å²) in [5, 5.41) is 2.87. The number of benzene rings is 1. The molecule has 0 heterocycles. The van der Waals surface area contributed by atoms with Gasteiger partial charge in [0.2, 0.25) is 11.8 Å². The van der Waals surface area contributed by atoms with Crippen molar-refractivity contribution < 1.29 is 9.59 Å². The average Bonchev–Trinajstić information content (AvgIpc) is 3.02. The number of amides is 2. The van der Waals surface area contributed by atoms with E-state index in [9.17, 15) is 9.59 Å². The SMILES string of the molecule is CCN(CC(=O)NC(C)C)C(=O)C1(c2cccc(Br)c2)CCCC1. The maximum absolute atomic E-state index is 13.4. The van der Waals surface area contributed by atoms with Crippen LogP contribution in [0, 0.1) is 0 Å². The zero-order valence-electron chi connectivity index (χ0n) is 14.8. The van der Waals surface area contributed by atoms with Crippen molar-refractivity contribution in [1.82, 2.24) is 10.2 Å². The summed E-state index contributed by atoms with van der Waals surface area (Å²) in [5.41, 5.74) is 0.569. The second kappa shape index (κ2) is 8.15. The van der Waals surface area contributed by atoms with E-state index in [1.165, 1.54) is 0 Å². The van der Waals surface area contributed by atoms with Crippen molar-refractivity contribution in [2.24, 2.45) is 0 Å². The van der Waals surface area contributed by atoms with Crippen LogP contribution in [-0.2, 0) is 15.0 Å². The molecule has 1 saturated carbocycles. The normalized spacial score (nSPS) is 16.2. The van der Waals surface area contributed by atoms with Crippen LogP contribution in [0.5, 0.6) is 0 Å². The number of hydrogen-bond acceptors (Lipinski definition) is 2. The Labute approximate surface area is 153 Å². The van der Waals surface area contributed by atoms with Gasteiger partial charge in [-0.15, -0.1) is 0 Å². The number of carbonyl (C=O) groups excluding carboxylic acids is 2. The van der Waals surface area contributed by atoms with E-state index < -0.39 is 5.41 Å². The number of nitrogens with one attached hydrogen (secondary N) is 1.